The van der Waals surface area contributed by atoms with Gasteiger partial charge in [0.2, 0.25) is 0 Å². The second kappa shape index (κ2) is 3.10. The van der Waals surface area contributed by atoms with Crippen LogP contribution in [0.15, 0.2) is 30.6 Å². The number of anilines is 1. The van der Waals surface area contributed by atoms with Crippen LogP contribution in [0.3, 0.4) is 0 Å². The Labute approximate surface area is 91.9 Å². The first-order chi connectivity index (χ1) is 7.77. The molecule has 0 amide bonds. The van der Waals surface area contributed by atoms with Crippen molar-refractivity contribution in [2.24, 2.45) is 0 Å². The van der Waals surface area contributed by atoms with E-state index in [4.69, 9.17) is 5.73 Å². The number of rotatable bonds is 1. The Bertz CT molecular complexity index is 649. The van der Waals surface area contributed by atoms with Crippen LogP contribution in [-0.4, -0.2) is 19.8 Å². The average molecular weight is 213 g/mol. The van der Waals surface area contributed by atoms with Crippen LogP contribution in [0.25, 0.3) is 16.8 Å². The Hall–Kier alpha value is -2.30. The molecule has 0 fully saturated rings. The van der Waals surface area contributed by atoms with Crippen LogP contribution in [-0.2, 0) is 0 Å². The second-order valence-corrected chi connectivity index (χ2v) is 3.70. The van der Waals surface area contributed by atoms with Gasteiger partial charge in [0, 0.05) is 17.3 Å². The minimum atomic E-state index is 0.533. The van der Waals surface area contributed by atoms with Crippen molar-refractivity contribution in [2.75, 3.05) is 5.73 Å². The summed E-state index contributed by atoms with van der Waals surface area (Å²) in [5.74, 6) is 0.533. The molecule has 80 valence electrons. The maximum Gasteiger partial charge on any atom is 0.148 e. The summed E-state index contributed by atoms with van der Waals surface area (Å²) in [6, 6.07) is 5.94. The summed E-state index contributed by atoms with van der Waals surface area (Å²) in [5, 5.41) is 11.2. The van der Waals surface area contributed by atoms with Crippen molar-refractivity contribution >= 4 is 11.3 Å². The predicted octanol–water partition coefficient (Wildman–Crippen LogP) is 1.62. The maximum absolute atomic E-state index is 5.72. The summed E-state index contributed by atoms with van der Waals surface area (Å²) in [4.78, 5) is 0. The fourth-order valence-electron chi connectivity index (χ4n) is 1.80. The SMILES string of the molecule is Cc1c(N)n[nH]c1-c1cnn2ccccc12. The minimum Gasteiger partial charge on any atom is -0.382 e. The number of nitrogen functional groups attached to an aromatic ring is 1. The van der Waals surface area contributed by atoms with Crippen LogP contribution in [0, 0.1) is 6.92 Å². The topological polar surface area (TPSA) is 72.0 Å². The number of aromatic amines is 1. The lowest BCUT2D eigenvalue weighted by Crippen LogP contribution is -1.86. The lowest BCUT2D eigenvalue weighted by Gasteiger charge is -1.97. The van der Waals surface area contributed by atoms with Crippen molar-refractivity contribution in [3.8, 4) is 11.3 Å². The van der Waals surface area contributed by atoms with E-state index in [0.717, 1.165) is 22.3 Å². The number of hydrogen-bond acceptors (Lipinski definition) is 3. The van der Waals surface area contributed by atoms with Gasteiger partial charge in [0.25, 0.3) is 0 Å². The minimum absolute atomic E-state index is 0.533. The molecule has 3 aromatic rings. The first-order valence-electron chi connectivity index (χ1n) is 5.00. The number of hydrogen-bond donors (Lipinski definition) is 2. The van der Waals surface area contributed by atoms with E-state index in [1.165, 1.54) is 0 Å². The number of aromatic nitrogens is 4. The molecular weight excluding hydrogens is 202 g/mol. The van der Waals surface area contributed by atoms with Gasteiger partial charge in [0.1, 0.15) is 5.82 Å². The van der Waals surface area contributed by atoms with Gasteiger partial charge in [-0.3, -0.25) is 5.10 Å². The monoisotopic (exact) mass is 213 g/mol. The number of nitrogens with two attached hydrogens (primary N) is 1. The maximum atomic E-state index is 5.72. The molecular formula is C11H11N5. The number of fused-ring (bicyclic) bond motifs is 1. The molecule has 0 radical (unpaired) electrons. The third-order valence-corrected chi connectivity index (χ3v) is 2.74. The molecule has 0 aliphatic rings. The standard InChI is InChI=1S/C11H11N5/c1-7-10(14-15-11(7)12)8-6-13-16-5-3-2-4-9(8)16/h2-6H,1H3,(H3,12,14,15). The highest BCUT2D eigenvalue weighted by atomic mass is 15.2. The summed E-state index contributed by atoms with van der Waals surface area (Å²) >= 11 is 0. The van der Waals surface area contributed by atoms with Gasteiger partial charge in [-0.1, -0.05) is 6.07 Å². The zero-order valence-electron chi connectivity index (χ0n) is 8.81. The Morgan fingerprint density at radius 3 is 3.00 bits per heavy atom. The third-order valence-electron chi connectivity index (χ3n) is 2.74. The van der Waals surface area contributed by atoms with Crippen molar-refractivity contribution < 1.29 is 0 Å². The number of nitrogens with zero attached hydrogens (tertiary/aromatic N) is 3. The molecule has 3 N–H and O–H groups in total. The molecule has 16 heavy (non-hydrogen) atoms. The van der Waals surface area contributed by atoms with Gasteiger partial charge in [-0.05, 0) is 19.1 Å². The van der Waals surface area contributed by atoms with E-state index >= 15 is 0 Å². The molecule has 0 aromatic carbocycles. The molecule has 3 rings (SSSR count). The summed E-state index contributed by atoms with van der Waals surface area (Å²) in [6.45, 7) is 1.95. The lowest BCUT2D eigenvalue weighted by atomic mass is 10.1. The van der Waals surface area contributed by atoms with Gasteiger partial charge in [-0.15, -0.1) is 0 Å². The number of pyridine rings is 1. The van der Waals surface area contributed by atoms with E-state index in [0.29, 0.717) is 5.82 Å². The zero-order chi connectivity index (χ0) is 11.1. The second-order valence-electron chi connectivity index (χ2n) is 3.70. The molecule has 0 saturated heterocycles. The third kappa shape index (κ3) is 1.11. The highest BCUT2D eigenvalue weighted by Gasteiger charge is 2.12. The van der Waals surface area contributed by atoms with Crippen LogP contribution >= 0.6 is 0 Å². The summed E-state index contributed by atoms with van der Waals surface area (Å²) < 4.78 is 1.83. The molecule has 0 aliphatic heterocycles. The molecule has 0 atom stereocenters. The molecule has 0 bridgehead atoms. The van der Waals surface area contributed by atoms with E-state index < -0.39 is 0 Å². The van der Waals surface area contributed by atoms with Gasteiger partial charge in [-0.25, -0.2) is 4.52 Å². The molecule has 0 saturated carbocycles. The van der Waals surface area contributed by atoms with Crippen molar-refractivity contribution in [3.05, 3.63) is 36.2 Å². The molecule has 0 spiro atoms. The van der Waals surface area contributed by atoms with E-state index in [1.54, 1.807) is 0 Å². The normalized spacial score (nSPS) is 11.1. The van der Waals surface area contributed by atoms with E-state index in [-0.39, 0.29) is 0 Å². The highest BCUT2D eigenvalue weighted by molar-refractivity contribution is 5.80. The Morgan fingerprint density at radius 1 is 1.38 bits per heavy atom. The van der Waals surface area contributed by atoms with E-state index in [1.807, 2.05) is 42.0 Å². The number of nitrogens with one attached hydrogen (secondary N) is 1. The van der Waals surface area contributed by atoms with Gasteiger partial charge in [0.15, 0.2) is 0 Å². The molecule has 5 heteroatoms. The first-order valence-corrected chi connectivity index (χ1v) is 5.00. The fraction of sp³-hybridized carbons (Fsp3) is 0.0909. The van der Waals surface area contributed by atoms with Crippen molar-refractivity contribution in [1.29, 1.82) is 0 Å². The Kier molecular flexibility index (Phi) is 1.73. The summed E-state index contributed by atoms with van der Waals surface area (Å²) in [5.41, 5.74) is 9.66. The van der Waals surface area contributed by atoms with Crippen molar-refractivity contribution in [3.63, 3.8) is 0 Å². The number of H-pyrrole nitrogens is 1. The van der Waals surface area contributed by atoms with Crippen LogP contribution in [0.5, 0.6) is 0 Å². The molecule has 0 unspecified atom stereocenters. The average Bonchev–Trinajstić information content (AvgIpc) is 2.85. The molecule has 3 heterocycles. The highest BCUT2D eigenvalue weighted by Crippen LogP contribution is 2.27. The van der Waals surface area contributed by atoms with Gasteiger partial charge in [0.05, 0.1) is 17.4 Å². The molecule has 0 aliphatic carbocycles. The molecule has 5 nitrogen and oxygen atoms in total. The van der Waals surface area contributed by atoms with E-state index in [9.17, 15) is 0 Å². The Morgan fingerprint density at radius 2 is 2.25 bits per heavy atom. The predicted molar refractivity (Wildman–Crippen MR) is 61.9 cm³/mol. The first kappa shape index (κ1) is 8.96. The van der Waals surface area contributed by atoms with Crippen LogP contribution < -0.4 is 5.73 Å². The van der Waals surface area contributed by atoms with Gasteiger partial charge in [-0.2, -0.15) is 10.2 Å². The fourth-order valence-corrected chi connectivity index (χ4v) is 1.80. The van der Waals surface area contributed by atoms with Crippen molar-refractivity contribution in [1.82, 2.24) is 19.8 Å². The summed E-state index contributed by atoms with van der Waals surface area (Å²) in [6.07, 6.45) is 3.73. The summed E-state index contributed by atoms with van der Waals surface area (Å²) in [7, 11) is 0. The Balaban J connectivity index is 2.30. The molecule has 3 aromatic heterocycles. The smallest absolute Gasteiger partial charge is 0.148 e. The largest absolute Gasteiger partial charge is 0.382 e. The van der Waals surface area contributed by atoms with Gasteiger partial charge < -0.3 is 5.73 Å². The lowest BCUT2D eigenvalue weighted by molar-refractivity contribution is 0.961. The van der Waals surface area contributed by atoms with Crippen molar-refractivity contribution in [2.45, 2.75) is 6.92 Å². The van der Waals surface area contributed by atoms with Gasteiger partial charge >= 0.3 is 0 Å². The van der Waals surface area contributed by atoms with Crippen LogP contribution in [0.1, 0.15) is 5.56 Å². The van der Waals surface area contributed by atoms with E-state index in [2.05, 4.69) is 15.3 Å². The quantitative estimate of drug-likeness (QED) is 0.645. The van der Waals surface area contributed by atoms with Crippen LogP contribution in [0.2, 0.25) is 0 Å². The van der Waals surface area contributed by atoms with Crippen LogP contribution in [0.4, 0.5) is 5.82 Å². The zero-order valence-corrected chi connectivity index (χ0v) is 8.81.